The summed E-state index contributed by atoms with van der Waals surface area (Å²) < 4.78 is 4.05. The van der Waals surface area contributed by atoms with Gasteiger partial charge in [0.25, 0.3) is 0 Å². The number of nitrogens with zero attached hydrogens (tertiary/aromatic N) is 5. The van der Waals surface area contributed by atoms with E-state index < -0.39 is 0 Å². The largest absolute Gasteiger partial charge is 0.323 e. The molecule has 6 nitrogen and oxygen atoms in total. The summed E-state index contributed by atoms with van der Waals surface area (Å²) in [5, 5.41) is 11.3. The highest BCUT2D eigenvalue weighted by Gasteiger charge is 2.15. The van der Waals surface area contributed by atoms with E-state index in [0.717, 1.165) is 24.6 Å². The molecule has 92 valence electrons. The van der Waals surface area contributed by atoms with Crippen LogP contribution in [-0.2, 0) is 13.6 Å². The van der Waals surface area contributed by atoms with Gasteiger partial charge in [-0.1, -0.05) is 6.92 Å². The zero-order valence-electron chi connectivity index (χ0n) is 10.5. The normalized spacial score (nSPS) is 12.9. The van der Waals surface area contributed by atoms with Gasteiger partial charge in [0.05, 0.1) is 18.1 Å². The molecule has 2 aromatic heterocycles. The molecule has 0 spiro atoms. The van der Waals surface area contributed by atoms with Gasteiger partial charge in [0, 0.05) is 19.8 Å². The molecule has 0 aliphatic carbocycles. The summed E-state index contributed by atoms with van der Waals surface area (Å²) in [6.07, 6.45) is 5.44. The minimum absolute atomic E-state index is 0.138. The molecule has 0 bridgehead atoms. The number of nitrogens with one attached hydrogen (secondary N) is 1. The summed E-state index contributed by atoms with van der Waals surface area (Å²) in [7, 11) is 1.95. The first-order valence-corrected chi connectivity index (χ1v) is 5.79. The Hall–Kier alpha value is -1.69. The fourth-order valence-electron chi connectivity index (χ4n) is 1.87. The van der Waals surface area contributed by atoms with Crippen LogP contribution in [0.1, 0.15) is 31.4 Å². The van der Waals surface area contributed by atoms with Crippen LogP contribution in [0, 0.1) is 0 Å². The lowest BCUT2D eigenvalue weighted by molar-refractivity contribution is 0.540. The van der Waals surface area contributed by atoms with Crippen LogP contribution in [0.5, 0.6) is 0 Å². The number of hydrogen-bond donors (Lipinski definition) is 1. The third-order valence-electron chi connectivity index (χ3n) is 2.84. The average molecular weight is 234 g/mol. The molecule has 0 saturated carbocycles. The van der Waals surface area contributed by atoms with Crippen LogP contribution in [-0.4, -0.2) is 30.9 Å². The predicted octanol–water partition coefficient (Wildman–Crippen LogP) is 0.730. The molecule has 0 aliphatic heterocycles. The standard InChI is InChI=1S/C11H18N6/c1-4-12-5-10-6-13-7-17(10)9(2)11-15-14-8-16(11)3/h6-9,12H,4-5H2,1-3H3. The van der Waals surface area contributed by atoms with Crippen molar-refractivity contribution in [3.8, 4) is 0 Å². The first-order chi connectivity index (χ1) is 8.24. The van der Waals surface area contributed by atoms with Crippen LogP contribution in [0.2, 0.25) is 0 Å². The van der Waals surface area contributed by atoms with Crippen molar-refractivity contribution in [1.82, 2.24) is 29.6 Å². The van der Waals surface area contributed by atoms with Crippen LogP contribution >= 0.6 is 0 Å². The number of rotatable bonds is 5. The monoisotopic (exact) mass is 234 g/mol. The van der Waals surface area contributed by atoms with Crippen LogP contribution in [0.15, 0.2) is 18.9 Å². The van der Waals surface area contributed by atoms with E-state index in [1.54, 1.807) is 6.33 Å². The van der Waals surface area contributed by atoms with Gasteiger partial charge in [0.2, 0.25) is 0 Å². The van der Waals surface area contributed by atoms with Crippen molar-refractivity contribution in [1.29, 1.82) is 0 Å². The molecule has 0 fully saturated rings. The Bertz CT molecular complexity index is 472. The molecule has 0 radical (unpaired) electrons. The van der Waals surface area contributed by atoms with Gasteiger partial charge in [-0.3, -0.25) is 0 Å². The van der Waals surface area contributed by atoms with Crippen LogP contribution in [0.3, 0.4) is 0 Å². The fraction of sp³-hybridized carbons (Fsp3) is 0.545. The summed E-state index contributed by atoms with van der Waals surface area (Å²) in [6.45, 7) is 5.95. The maximum atomic E-state index is 4.20. The molecule has 1 atom stereocenters. The second-order valence-corrected chi connectivity index (χ2v) is 4.05. The van der Waals surface area contributed by atoms with Gasteiger partial charge in [0.15, 0.2) is 5.82 Å². The predicted molar refractivity (Wildman–Crippen MR) is 64.4 cm³/mol. The Balaban J connectivity index is 2.22. The molecule has 0 saturated heterocycles. The van der Waals surface area contributed by atoms with Crippen LogP contribution in [0.4, 0.5) is 0 Å². The second kappa shape index (κ2) is 5.09. The second-order valence-electron chi connectivity index (χ2n) is 4.05. The summed E-state index contributed by atoms with van der Waals surface area (Å²) in [4.78, 5) is 4.20. The quantitative estimate of drug-likeness (QED) is 0.828. The van der Waals surface area contributed by atoms with E-state index >= 15 is 0 Å². The van der Waals surface area contributed by atoms with Crippen molar-refractivity contribution in [3.05, 3.63) is 30.4 Å². The topological polar surface area (TPSA) is 60.6 Å². The van der Waals surface area contributed by atoms with Crippen LogP contribution in [0.25, 0.3) is 0 Å². The fourth-order valence-corrected chi connectivity index (χ4v) is 1.87. The Kier molecular flexibility index (Phi) is 3.53. The van der Waals surface area contributed by atoms with Gasteiger partial charge in [-0.15, -0.1) is 10.2 Å². The van der Waals surface area contributed by atoms with Crippen molar-refractivity contribution in [2.24, 2.45) is 7.05 Å². The van der Waals surface area contributed by atoms with Gasteiger partial charge in [-0.25, -0.2) is 4.98 Å². The Morgan fingerprint density at radius 2 is 2.24 bits per heavy atom. The van der Waals surface area contributed by atoms with Gasteiger partial charge >= 0.3 is 0 Å². The first kappa shape index (κ1) is 11.8. The summed E-state index contributed by atoms with van der Waals surface area (Å²) >= 11 is 0. The molecule has 2 aromatic rings. The lowest BCUT2D eigenvalue weighted by Crippen LogP contribution is -2.19. The van der Waals surface area contributed by atoms with Gasteiger partial charge < -0.3 is 14.5 Å². The zero-order chi connectivity index (χ0) is 12.3. The van der Waals surface area contributed by atoms with E-state index in [4.69, 9.17) is 0 Å². The molecular formula is C11H18N6. The van der Waals surface area contributed by atoms with Gasteiger partial charge in [0.1, 0.15) is 6.33 Å². The van der Waals surface area contributed by atoms with Gasteiger partial charge in [-0.05, 0) is 13.5 Å². The van der Waals surface area contributed by atoms with Crippen molar-refractivity contribution in [3.63, 3.8) is 0 Å². The number of aromatic nitrogens is 5. The van der Waals surface area contributed by atoms with Crippen molar-refractivity contribution >= 4 is 0 Å². The minimum Gasteiger partial charge on any atom is -0.323 e. The van der Waals surface area contributed by atoms with Crippen molar-refractivity contribution < 1.29 is 0 Å². The average Bonchev–Trinajstić information content (AvgIpc) is 2.94. The summed E-state index contributed by atoms with van der Waals surface area (Å²) in [5.74, 6) is 0.931. The molecule has 0 amide bonds. The van der Waals surface area contributed by atoms with E-state index in [2.05, 4.69) is 38.9 Å². The first-order valence-electron chi connectivity index (χ1n) is 5.79. The molecule has 0 aromatic carbocycles. The van der Waals surface area contributed by atoms with E-state index in [0.29, 0.717) is 0 Å². The van der Waals surface area contributed by atoms with E-state index in [-0.39, 0.29) is 6.04 Å². The van der Waals surface area contributed by atoms with E-state index in [1.807, 2.05) is 24.1 Å². The zero-order valence-corrected chi connectivity index (χ0v) is 10.5. The number of aryl methyl sites for hydroxylation is 1. The lowest BCUT2D eigenvalue weighted by atomic mass is 10.3. The van der Waals surface area contributed by atoms with Gasteiger partial charge in [-0.2, -0.15) is 0 Å². The molecule has 6 heteroatoms. The molecule has 1 unspecified atom stereocenters. The molecule has 1 N–H and O–H groups in total. The highest BCUT2D eigenvalue weighted by atomic mass is 15.3. The maximum Gasteiger partial charge on any atom is 0.155 e. The van der Waals surface area contributed by atoms with E-state index in [1.165, 1.54) is 0 Å². The van der Waals surface area contributed by atoms with E-state index in [9.17, 15) is 0 Å². The smallest absolute Gasteiger partial charge is 0.155 e. The third kappa shape index (κ3) is 2.36. The maximum absolute atomic E-state index is 4.20. The Morgan fingerprint density at radius 1 is 1.41 bits per heavy atom. The summed E-state index contributed by atoms with van der Waals surface area (Å²) in [5.41, 5.74) is 1.15. The van der Waals surface area contributed by atoms with Crippen molar-refractivity contribution in [2.45, 2.75) is 26.4 Å². The molecular weight excluding hydrogens is 216 g/mol. The highest BCUT2D eigenvalue weighted by molar-refractivity contribution is 5.05. The molecule has 2 heterocycles. The van der Waals surface area contributed by atoms with Crippen molar-refractivity contribution in [2.75, 3.05) is 6.54 Å². The lowest BCUT2D eigenvalue weighted by Gasteiger charge is -2.15. The molecule has 2 rings (SSSR count). The minimum atomic E-state index is 0.138. The third-order valence-corrected chi connectivity index (χ3v) is 2.84. The number of hydrogen-bond acceptors (Lipinski definition) is 4. The number of imidazole rings is 1. The molecule has 0 aliphatic rings. The SMILES string of the molecule is CCNCc1cncn1C(C)c1nncn1C. The Labute approximate surface area is 101 Å². The Morgan fingerprint density at radius 3 is 2.88 bits per heavy atom. The molecule has 17 heavy (non-hydrogen) atoms. The van der Waals surface area contributed by atoms with Crippen LogP contribution < -0.4 is 5.32 Å². The highest BCUT2D eigenvalue weighted by Crippen LogP contribution is 2.16. The summed E-state index contributed by atoms with van der Waals surface area (Å²) in [6, 6.07) is 0.138.